The highest BCUT2D eigenvalue weighted by molar-refractivity contribution is 7.80. The summed E-state index contributed by atoms with van der Waals surface area (Å²) >= 11 is 5.39. The number of urea groups is 1. The summed E-state index contributed by atoms with van der Waals surface area (Å²) in [6.07, 6.45) is 0. The Kier molecular flexibility index (Phi) is 7.15. The van der Waals surface area contributed by atoms with Gasteiger partial charge in [-0.05, 0) is 60.5 Å². The third-order valence-corrected chi connectivity index (χ3v) is 5.89. The third kappa shape index (κ3) is 5.08. The molecule has 1 unspecified atom stereocenters. The van der Waals surface area contributed by atoms with Crippen molar-refractivity contribution in [1.29, 1.82) is 0 Å². The maximum absolute atomic E-state index is 12.4. The van der Waals surface area contributed by atoms with Crippen molar-refractivity contribution >= 4 is 40.7 Å². The van der Waals surface area contributed by atoms with E-state index in [2.05, 4.69) is 29.8 Å². The number of allylic oxidation sites excluding steroid dienone is 1. The molecular weight excluding hydrogens is 424 g/mol. The van der Waals surface area contributed by atoms with Crippen LogP contribution in [0.25, 0.3) is 0 Å². The standard InChI is InChI=1S/C24H28N4O3S/c1-14(2)16-6-10-18(11-7-16)25-23(30)26-19-12-8-17(9-13-19)21-20(22(29)31-5)15(3)28(4)24(32)27-21/h6-14,21H,1-5H3,(H,27,32)(H2,25,26,30). The molecule has 0 aliphatic carbocycles. The predicted molar refractivity (Wildman–Crippen MR) is 131 cm³/mol. The van der Waals surface area contributed by atoms with Crippen LogP contribution in [0.4, 0.5) is 16.2 Å². The van der Waals surface area contributed by atoms with Gasteiger partial charge in [0, 0.05) is 24.1 Å². The van der Waals surface area contributed by atoms with Crippen LogP contribution in [-0.2, 0) is 9.53 Å². The highest BCUT2D eigenvalue weighted by Gasteiger charge is 2.33. The van der Waals surface area contributed by atoms with Crippen molar-refractivity contribution in [2.24, 2.45) is 0 Å². The van der Waals surface area contributed by atoms with Crippen LogP contribution in [0.1, 0.15) is 43.9 Å². The predicted octanol–water partition coefficient (Wildman–Crippen LogP) is 4.76. The SMILES string of the molecule is COC(=O)C1=C(C)N(C)C(=S)NC1c1ccc(NC(=O)Nc2ccc(C(C)C)cc2)cc1. The van der Waals surface area contributed by atoms with E-state index >= 15 is 0 Å². The summed E-state index contributed by atoms with van der Waals surface area (Å²) in [4.78, 5) is 26.5. The zero-order chi connectivity index (χ0) is 23.4. The molecule has 1 atom stereocenters. The first-order chi connectivity index (χ1) is 15.2. The summed E-state index contributed by atoms with van der Waals surface area (Å²) in [5.74, 6) is 0.0162. The van der Waals surface area contributed by atoms with E-state index in [9.17, 15) is 9.59 Å². The number of hydrogen-bond acceptors (Lipinski definition) is 4. The number of thiocarbonyl (C=S) groups is 1. The smallest absolute Gasteiger partial charge is 0.337 e. The van der Waals surface area contributed by atoms with E-state index in [1.165, 1.54) is 12.7 Å². The fourth-order valence-electron chi connectivity index (χ4n) is 3.46. The van der Waals surface area contributed by atoms with Crippen molar-refractivity contribution in [3.05, 3.63) is 70.9 Å². The Bertz CT molecular complexity index is 1050. The number of carbonyl (C=O) groups is 2. The largest absolute Gasteiger partial charge is 0.466 e. The molecule has 1 aliphatic rings. The molecule has 7 nitrogen and oxygen atoms in total. The highest BCUT2D eigenvalue weighted by Crippen LogP contribution is 2.31. The monoisotopic (exact) mass is 452 g/mol. The Morgan fingerprint density at radius 1 is 1.03 bits per heavy atom. The average Bonchev–Trinajstić information content (AvgIpc) is 2.77. The number of ether oxygens (including phenoxy) is 1. The lowest BCUT2D eigenvalue weighted by Gasteiger charge is -2.35. The van der Waals surface area contributed by atoms with Crippen LogP contribution in [0.15, 0.2) is 59.8 Å². The van der Waals surface area contributed by atoms with Crippen LogP contribution >= 0.6 is 12.2 Å². The molecule has 3 N–H and O–H groups in total. The molecule has 2 aromatic rings. The number of amides is 2. The molecule has 8 heteroatoms. The summed E-state index contributed by atoms with van der Waals surface area (Å²) < 4.78 is 4.98. The first kappa shape index (κ1) is 23.3. The van der Waals surface area contributed by atoms with Crippen LogP contribution in [-0.4, -0.2) is 36.2 Å². The van der Waals surface area contributed by atoms with Crippen molar-refractivity contribution in [1.82, 2.24) is 10.2 Å². The first-order valence-electron chi connectivity index (χ1n) is 10.3. The molecule has 0 aromatic heterocycles. The van der Waals surface area contributed by atoms with Crippen molar-refractivity contribution in [2.45, 2.75) is 32.7 Å². The second-order valence-electron chi connectivity index (χ2n) is 7.91. The Morgan fingerprint density at radius 2 is 1.56 bits per heavy atom. The van der Waals surface area contributed by atoms with Crippen molar-refractivity contribution in [2.75, 3.05) is 24.8 Å². The molecule has 0 fully saturated rings. The second kappa shape index (κ2) is 9.82. The average molecular weight is 453 g/mol. The molecule has 32 heavy (non-hydrogen) atoms. The zero-order valence-electron chi connectivity index (χ0n) is 18.9. The van der Waals surface area contributed by atoms with Gasteiger partial charge >= 0.3 is 12.0 Å². The number of carbonyl (C=O) groups excluding carboxylic acids is 2. The number of hydrogen-bond donors (Lipinski definition) is 3. The number of benzene rings is 2. The van der Waals surface area contributed by atoms with Crippen molar-refractivity contribution in [3.63, 3.8) is 0 Å². The maximum Gasteiger partial charge on any atom is 0.337 e. The third-order valence-electron chi connectivity index (χ3n) is 5.50. The molecular formula is C24H28N4O3S. The number of rotatable bonds is 5. The van der Waals surface area contributed by atoms with E-state index < -0.39 is 12.0 Å². The van der Waals surface area contributed by atoms with E-state index in [4.69, 9.17) is 17.0 Å². The Labute approximate surface area is 193 Å². The summed E-state index contributed by atoms with van der Waals surface area (Å²) in [5, 5.41) is 9.35. The molecule has 0 saturated heterocycles. The maximum atomic E-state index is 12.4. The van der Waals surface area contributed by atoms with Crippen molar-refractivity contribution < 1.29 is 14.3 Å². The molecule has 3 rings (SSSR count). The number of esters is 1. The lowest BCUT2D eigenvalue weighted by molar-refractivity contribution is -0.136. The van der Waals surface area contributed by atoms with Crippen LogP contribution in [0.2, 0.25) is 0 Å². The number of nitrogens with one attached hydrogen (secondary N) is 3. The van der Waals surface area contributed by atoms with Gasteiger partial charge in [-0.3, -0.25) is 0 Å². The first-order valence-corrected chi connectivity index (χ1v) is 10.7. The van der Waals surface area contributed by atoms with E-state index in [1.54, 1.807) is 24.1 Å². The van der Waals surface area contributed by atoms with E-state index in [0.717, 1.165) is 16.9 Å². The number of nitrogens with zero attached hydrogens (tertiary/aromatic N) is 1. The van der Waals surface area contributed by atoms with Gasteiger partial charge in [0.05, 0.1) is 18.7 Å². The highest BCUT2D eigenvalue weighted by atomic mass is 32.1. The zero-order valence-corrected chi connectivity index (χ0v) is 19.7. The molecule has 0 spiro atoms. The van der Waals surface area contributed by atoms with Gasteiger partial charge in [-0.1, -0.05) is 38.1 Å². The molecule has 0 radical (unpaired) electrons. The Hall–Kier alpha value is -3.39. The molecule has 168 valence electrons. The Balaban J connectivity index is 1.72. The molecule has 0 saturated carbocycles. The van der Waals surface area contributed by atoms with E-state index in [-0.39, 0.29) is 6.03 Å². The molecule has 2 amide bonds. The minimum Gasteiger partial charge on any atom is -0.466 e. The lowest BCUT2D eigenvalue weighted by atomic mass is 9.95. The minimum absolute atomic E-state index is 0.334. The van der Waals surface area contributed by atoms with Gasteiger partial charge in [0.2, 0.25) is 0 Å². The molecule has 2 aromatic carbocycles. The summed E-state index contributed by atoms with van der Waals surface area (Å²) in [6.45, 7) is 6.08. The van der Waals surface area contributed by atoms with Gasteiger partial charge in [-0.15, -0.1) is 0 Å². The van der Waals surface area contributed by atoms with Gasteiger partial charge in [0.1, 0.15) is 0 Å². The minimum atomic E-state index is -0.437. The van der Waals surface area contributed by atoms with Gasteiger partial charge < -0.3 is 25.6 Å². The van der Waals surface area contributed by atoms with E-state index in [1.807, 2.05) is 43.3 Å². The van der Waals surface area contributed by atoms with Crippen LogP contribution in [0, 0.1) is 0 Å². The van der Waals surface area contributed by atoms with Gasteiger partial charge in [-0.25, -0.2) is 9.59 Å². The second-order valence-corrected chi connectivity index (χ2v) is 8.30. The van der Waals surface area contributed by atoms with E-state index in [0.29, 0.717) is 22.3 Å². The van der Waals surface area contributed by atoms with Gasteiger partial charge in [-0.2, -0.15) is 0 Å². The summed E-state index contributed by atoms with van der Waals surface area (Å²) in [5.41, 5.74) is 4.61. The topological polar surface area (TPSA) is 82.7 Å². The lowest BCUT2D eigenvalue weighted by Crippen LogP contribution is -2.46. The van der Waals surface area contributed by atoms with Gasteiger partial charge in [0.15, 0.2) is 5.11 Å². The fraction of sp³-hybridized carbons (Fsp3) is 0.292. The number of anilines is 2. The molecule has 1 aliphatic heterocycles. The van der Waals surface area contributed by atoms with Gasteiger partial charge in [0.25, 0.3) is 0 Å². The Morgan fingerprint density at radius 3 is 2.06 bits per heavy atom. The summed E-state index contributed by atoms with van der Waals surface area (Å²) in [7, 11) is 3.15. The molecule has 1 heterocycles. The van der Waals surface area contributed by atoms with Crippen molar-refractivity contribution in [3.8, 4) is 0 Å². The molecule has 0 bridgehead atoms. The van der Waals surface area contributed by atoms with Crippen LogP contribution in [0.3, 0.4) is 0 Å². The number of methoxy groups -OCH3 is 1. The fourth-order valence-corrected chi connectivity index (χ4v) is 3.72. The van der Waals surface area contributed by atoms with Crippen LogP contribution in [0.5, 0.6) is 0 Å². The normalized spacial score (nSPS) is 16.0. The summed E-state index contributed by atoms with van der Waals surface area (Å²) in [6, 6.07) is 14.3. The van der Waals surface area contributed by atoms with Crippen LogP contribution < -0.4 is 16.0 Å². The quantitative estimate of drug-likeness (QED) is 0.448.